The number of benzene rings is 2. The Hall–Kier alpha value is -3.35. The van der Waals surface area contributed by atoms with Crippen LogP contribution in [0.3, 0.4) is 0 Å². The second-order valence-electron chi connectivity index (χ2n) is 6.51. The number of rotatable bonds is 9. The van der Waals surface area contributed by atoms with E-state index in [1.807, 2.05) is 38.1 Å². The molecular weight excluding hydrogens is 372 g/mol. The minimum Gasteiger partial charge on any atom is -0.497 e. The molecule has 0 radical (unpaired) electrons. The molecule has 0 unspecified atom stereocenters. The number of nitrogens with one attached hydrogen (secondary N) is 2. The lowest BCUT2D eigenvalue weighted by Gasteiger charge is -2.17. The van der Waals surface area contributed by atoms with E-state index in [4.69, 9.17) is 9.47 Å². The first-order valence-corrected chi connectivity index (χ1v) is 9.36. The molecule has 2 N–H and O–H groups in total. The van der Waals surface area contributed by atoms with E-state index in [-0.39, 0.29) is 12.6 Å². The zero-order chi connectivity index (χ0) is 21.2. The van der Waals surface area contributed by atoms with Gasteiger partial charge in [0.1, 0.15) is 12.3 Å². The van der Waals surface area contributed by atoms with E-state index in [2.05, 4.69) is 10.6 Å². The Labute approximate surface area is 170 Å². The number of hydrogen-bond donors (Lipinski definition) is 2. The number of aryl methyl sites for hydroxylation is 1. The van der Waals surface area contributed by atoms with Crippen LogP contribution in [0, 0.1) is 6.92 Å². The van der Waals surface area contributed by atoms with Crippen LogP contribution in [0.15, 0.2) is 48.5 Å². The molecule has 0 spiro atoms. The Morgan fingerprint density at radius 2 is 1.79 bits per heavy atom. The maximum Gasteiger partial charge on any atom is 0.325 e. The number of hydrogen-bond acceptors (Lipinski definition) is 5. The zero-order valence-electron chi connectivity index (χ0n) is 16.9. The summed E-state index contributed by atoms with van der Waals surface area (Å²) in [5.41, 5.74) is 2.49. The Balaban J connectivity index is 1.76. The predicted octanol–water partition coefficient (Wildman–Crippen LogP) is 2.54. The van der Waals surface area contributed by atoms with Crippen LogP contribution >= 0.6 is 0 Å². The van der Waals surface area contributed by atoms with Crippen molar-refractivity contribution in [2.45, 2.75) is 26.3 Å². The van der Waals surface area contributed by atoms with E-state index in [1.165, 1.54) is 7.11 Å². The van der Waals surface area contributed by atoms with Gasteiger partial charge in [-0.05, 0) is 37.1 Å². The van der Waals surface area contributed by atoms with Gasteiger partial charge in [-0.1, -0.05) is 42.8 Å². The van der Waals surface area contributed by atoms with Crippen molar-refractivity contribution in [3.63, 3.8) is 0 Å². The van der Waals surface area contributed by atoms with Crippen molar-refractivity contribution >= 4 is 17.8 Å². The normalized spacial score (nSPS) is 11.3. The van der Waals surface area contributed by atoms with Crippen LogP contribution in [0.1, 0.15) is 40.9 Å². The Bertz CT molecular complexity index is 849. The summed E-state index contributed by atoms with van der Waals surface area (Å²) in [6, 6.07) is 14.3. The van der Waals surface area contributed by atoms with Crippen molar-refractivity contribution < 1.29 is 23.9 Å². The molecule has 1 atom stereocenters. The van der Waals surface area contributed by atoms with Gasteiger partial charge in [-0.15, -0.1) is 0 Å². The first-order valence-electron chi connectivity index (χ1n) is 9.36. The molecular formula is C22H26N2O5. The third kappa shape index (κ3) is 6.95. The van der Waals surface area contributed by atoms with Gasteiger partial charge in [0.15, 0.2) is 6.61 Å². The molecule has 7 nitrogen and oxygen atoms in total. The Morgan fingerprint density at radius 3 is 2.45 bits per heavy atom. The average molecular weight is 398 g/mol. The Morgan fingerprint density at radius 1 is 1.07 bits per heavy atom. The molecule has 0 fully saturated rings. The van der Waals surface area contributed by atoms with Crippen LogP contribution in [0.2, 0.25) is 0 Å². The summed E-state index contributed by atoms with van der Waals surface area (Å²) in [4.78, 5) is 36.0. The molecule has 2 aromatic rings. The summed E-state index contributed by atoms with van der Waals surface area (Å²) in [6.45, 7) is 3.22. The smallest absolute Gasteiger partial charge is 0.325 e. The molecule has 0 saturated carbocycles. The third-order valence-electron chi connectivity index (χ3n) is 4.31. The molecule has 2 aromatic carbocycles. The topological polar surface area (TPSA) is 93.7 Å². The van der Waals surface area contributed by atoms with E-state index >= 15 is 0 Å². The van der Waals surface area contributed by atoms with Crippen molar-refractivity contribution in [3.8, 4) is 5.75 Å². The highest BCUT2D eigenvalue weighted by Crippen LogP contribution is 2.17. The van der Waals surface area contributed by atoms with Crippen molar-refractivity contribution in [3.05, 3.63) is 65.2 Å². The van der Waals surface area contributed by atoms with Crippen LogP contribution in [-0.4, -0.2) is 38.0 Å². The summed E-state index contributed by atoms with van der Waals surface area (Å²) < 4.78 is 10.0. The standard InChI is InChI=1S/C22H26N2O5/c1-4-19(16-10-8-15(2)9-11-16)24-20(25)14-29-21(26)13-23-22(27)17-6-5-7-18(12-17)28-3/h5-12,19H,4,13-14H2,1-3H3,(H,23,27)(H,24,25)/t19-/m0/s1. The van der Waals surface area contributed by atoms with Crippen LogP contribution in [0.25, 0.3) is 0 Å². The van der Waals surface area contributed by atoms with E-state index in [9.17, 15) is 14.4 Å². The number of methoxy groups -OCH3 is 1. The highest BCUT2D eigenvalue weighted by molar-refractivity contribution is 5.96. The maximum absolute atomic E-state index is 12.1. The van der Waals surface area contributed by atoms with Gasteiger partial charge in [-0.3, -0.25) is 14.4 Å². The number of esters is 1. The van der Waals surface area contributed by atoms with E-state index in [0.29, 0.717) is 17.7 Å². The molecule has 29 heavy (non-hydrogen) atoms. The van der Waals surface area contributed by atoms with Crippen LogP contribution < -0.4 is 15.4 Å². The van der Waals surface area contributed by atoms with Gasteiger partial charge in [-0.25, -0.2) is 0 Å². The molecule has 7 heteroatoms. The second-order valence-corrected chi connectivity index (χ2v) is 6.51. The molecule has 0 saturated heterocycles. The highest BCUT2D eigenvalue weighted by atomic mass is 16.5. The van der Waals surface area contributed by atoms with E-state index < -0.39 is 24.4 Å². The second kappa shape index (κ2) is 10.8. The summed E-state index contributed by atoms with van der Waals surface area (Å²) in [5.74, 6) is -0.989. The number of amides is 2. The van der Waals surface area contributed by atoms with Crippen LogP contribution in [0.4, 0.5) is 0 Å². The largest absolute Gasteiger partial charge is 0.497 e. The molecule has 0 aromatic heterocycles. The zero-order valence-corrected chi connectivity index (χ0v) is 16.9. The van der Waals surface area contributed by atoms with Gasteiger partial charge < -0.3 is 20.1 Å². The molecule has 0 aliphatic carbocycles. The molecule has 0 bridgehead atoms. The monoisotopic (exact) mass is 398 g/mol. The van der Waals surface area contributed by atoms with Crippen molar-refractivity contribution in [1.82, 2.24) is 10.6 Å². The number of carbonyl (C=O) groups excluding carboxylic acids is 3. The predicted molar refractivity (Wildman–Crippen MR) is 109 cm³/mol. The minimum atomic E-state index is -0.695. The van der Waals surface area contributed by atoms with Gasteiger partial charge in [0.2, 0.25) is 0 Å². The first kappa shape index (κ1) is 21.9. The molecule has 154 valence electrons. The fourth-order valence-corrected chi connectivity index (χ4v) is 2.67. The van der Waals surface area contributed by atoms with Crippen molar-refractivity contribution in [2.75, 3.05) is 20.3 Å². The lowest BCUT2D eigenvalue weighted by atomic mass is 10.0. The maximum atomic E-state index is 12.1. The summed E-state index contributed by atoms with van der Waals surface area (Å²) >= 11 is 0. The van der Waals surface area contributed by atoms with Gasteiger partial charge >= 0.3 is 5.97 Å². The van der Waals surface area contributed by atoms with Crippen molar-refractivity contribution in [1.29, 1.82) is 0 Å². The van der Waals surface area contributed by atoms with Crippen molar-refractivity contribution in [2.24, 2.45) is 0 Å². The van der Waals surface area contributed by atoms with Gasteiger partial charge in [-0.2, -0.15) is 0 Å². The molecule has 0 aliphatic rings. The lowest BCUT2D eigenvalue weighted by molar-refractivity contribution is -0.147. The third-order valence-corrected chi connectivity index (χ3v) is 4.31. The quantitative estimate of drug-likeness (QED) is 0.633. The first-order chi connectivity index (χ1) is 13.9. The van der Waals surface area contributed by atoms with E-state index in [1.54, 1.807) is 24.3 Å². The van der Waals surface area contributed by atoms with Crippen LogP contribution in [-0.2, 0) is 14.3 Å². The Kier molecular flexibility index (Phi) is 8.21. The highest BCUT2D eigenvalue weighted by Gasteiger charge is 2.15. The fraction of sp³-hybridized carbons (Fsp3) is 0.318. The molecule has 2 amide bonds. The number of carbonyl (C=O) groups is 3. The summed E-state index contributed by atoms with van der Waals surface area (Å²) in [5, 5.41) is 5.30. The molecule has 0 heterocycles. The van der Waals surface area contributed by atoms with Gasteiger partial charge in [0, 0.05) is 5.56 Å². The molecule has 2 rings (SSSR count). The lowest BCUT2D eigenvalue weighted by Crippen LogP contribution is -2.35. The van der Waals surface area contributed by atoms with Gasteiger partial charge in [0.05, 0.1) is 13.2 Å². The van der Waals surface area contributed by atoms with Crippen LogP contribution in [0.5, 0.6) is 5.75 Å². The minimum absolute atomic E-state index is 0.158. The fourth-order valence-electron chi connectivity index (χ4n) is 2.67. The van der Waals surface area contributed by atoms with Gasteiger partial charge in [0.25, 0.3) is 11.8 Å². The average Bonchev–Trinajstić information content (AvgIpc) is 2.75. The van der Waals surface area contributed by atoms with E-state index in [0.717, 1.165) is 11.1 Å². The SMILES string of the molecule is CC[C@H](NC(=O)COC(=O)CNC(=O)c1cccc(OC)c1)c1ccc(C)cc1. The number of ether oxygens (including phenoxy) is 2. The molecule has 0 aliphatic heterocycles. The summed E-state index contributed by atoms with van der Waals surface area (Å²) in [7, 11) is 1.50. The summed E-state index contributed by atoms with van der Waals surface area (Å²) in [6.07, 6.45) is 0.708.